The van der Waals surface area contributed by atoms with Gasteiger partial charge < -0.3 is 5.32 Å². The smallest absolute Gasteiger partial charge is 0.221 e. The molecule has 3 nitrogen and oxygen atoms in total. The molecule has 0 spiro atoms. The molecule has 1 aliphatic carbocycles. The number of rotatable bonds is 12. The van der Waals surface area contributed by atoms with Gasteiger partial charge in [0.2, 0.25) is 5.91 Å². The third-order valence-electron chi connectivity index (χ3n) is 7.27. The van der Waals surface area contributed by atoms with Crippen LogP contribution in [0.5, 0.6) is 0 Å². The molecule has 4 rings (SSSR count). The van der Waals surface area contributed by atoms with Crippen molar-refractivity contribution < 1.29 is 4.79 Å². The van der Waals surface area contributed by atoms with Crippen LogP contribution in [0.1, 0.15) is 67.7 Å². The number of hydrogen-bond acceptors (Lipinski definition) is 2. The Bertz CT molecular complexity index is 1050. The van der Waals surface area contributed by atoms with Crippen molar-refractivity contribution in [2.45, 2.75) is 77.3 Å². The molecule has 1 unspecified atom stereocenters. The van der Waals surface area contributed by atoms with E-state index in [4.69, 9.17) is 0 Å². The van der Waals surface area contributed by atoms with E-state index in [9.17, 15) is 4.79 Å². The summed E-state index contributed by atoms with van der Waals surface area (Å²) in [6.07, 6.45) is 10.9. The largest absolute Gasteiger partial charge is 0.326 e. The molecule has 3 heteroatoms. The van der Waals surface area contributed by atoms with Crippen LogP contribution in [0.3, 0.4) is 0 Å². The maximum Gasteiger partial charge on any atom is 0.221 e. The summed E-state index contributed by atoms with van der Waals surface area (Å²) in [7, 11) is 0. The first kappa shape index (κ1) is 25.2. The van der Waals surface area contributed by atoms with Crippen molar-refractivity contribution in [2.75, 3.05) is 11.9 Å². The highest BCUT2D eigenvalue weighted by atomic mass is 16.1. The van der Waals surface area contributed by atoms with Gasteiger partial charge in [-0.15, -0.1) is 0 Å². The molecule has 0 fully saturated rings. The van der Waals surface area contributed by atoms with Crippen LogP contribution in [0.2, 0.25) is 0 Å². The standard InChI is InChI=1S/C32H40N2O/c1-26(35)33-32-20-13-19-29-24-30(21-22-31(29)32)34(25-28-17-10-6-11-18-28)23-12-4-2-3-7-14-27-15-8-5-9-16-27/h5-6,8-11,13,15-20,30H,2-4,7,12,14,21-25H2,1H3,(H,33,35). The molecule has 0 saturated carbocycles. The SMILES string of the molecule is CC(=O)Nc1cccc2c1CCC(N(CCCCCCCc1ccccc1)Cc1ccccc1)C2. The van der Waals surface area contributed by atoms with Crippen LogP contribution in [-0.2, 0) is 30.6 Å². The van der Waals surface area contributed by atoms with Gasteiger partial charge in [-0.2, -0.15) is 0 Å². The Labute approximate surface area is 211 Å². The Morgan fingerprint density at radius 2 is 1.51 bits per heavy atom. The molecule has 1 N–H and O–H groups in total. The first-order chi connectivity index (χ1) is 17.2. The Morgan fingerprint density at radius 3 is 2.26 bits per heavy atom. The molecule has 0 heterocycles. The molecule has 3 aromatic rings. The number of anilines is 1. The van der Waals surface area contributed by atoms with Crippen LogP contribution in [-0.4, -0.2) is 23.4 Å². The molecule has 1 atom stereocenters. The van der Waals surface area contributed by atoms with Gasteiger partial charge in [0, 0.05) is 25.2 Å². The van der Waals surface area contributed by atoms with Crippen LogP contribution >= 0.6 is 0 Å². The molecule has 0 aromatic heterocycles. The molecule has 1 amide bonds. The van der Waals surface area contributed by atoms with Crippen molar-refractivity contribution in [3.63, 3.8) is 0 Å². The number of unbranched alkanes of at least 4 members (excludes halogenated alkanes) is 4. The van der Waals surface area contributed by atoms with E-state index >= 15 is 0 Å². The van der Waals surface area contributed by atoms with Crippen molar-refractivity contribution in [3.05, 3.63) is 101 Å². The molecule has 1 aliphatic rings. The van der Waals surface area contributed by atoms with Gasteiger partial charge >= 0.3 is 0 Å². The van der Waals surface area contributed by atoms with Crippen LogP contribution in [0.4, 0.5) is 5.69 Å². The Kier molecular flexibility index (Phi) is 9.54. The third-order valence-corrected chi connectivity index (χ3v) is 7.27. The summed E-state index contributed by atoms with van der Waals surface area (Å²) in [6, 6.07) is 28.7. The van der Waals surface area contributed by atoms with Gasteiger partial charge in [-0.25, -0.2) is 0 Å². The number of amides is 1. The quantitative estimate of drug-likeness (QED) is 0.285. The van der Waals surface area contributed by atoms with Gasteiger partial charge in [0.15, 0.2) is 0 Å². The van der Waals surface area contributed by atoms with Gasteiger partial charge in [0.25, 0.3) is 0 Å². The van der Waals surface area contributed by atoms with Crippen molar-refractivity contribution in [1.29, 1.82) is 0 Å². The highest BCUT2D eigenvalue weighted by Crippen LogP contribution is 2.31. The predicted molar refractivity (Wildman–Crippen MR) is 147 cm³/mol. The van der Waals surface area contributed by atoms with E-state index in [-0.39, 0.29) is 5.91 Å². The lowest BCUT2D eigenvalue weighted by molar-refractivity contribution is -0.114. The summed E-state index contributed by atoms with van der Waals surface area (Å²) >= 11 is 0. The second kappa shape index (κ2) is 13.3. The average Bonchev–Trinajstić information content (AvgIpc) is 2.88. The number of hydrogen-bond donors (Lipinski definition) is 1. The number of aryl methyl sites for hydroxylation is 1. The monoisotopic (exact) mass is 468 g/mol. The van der Waals surface area contributed by atoms with E-state index in [1.165, 1.54) is 60.8 Å². The zero-order valence-corrected chi connectivity index (χ0v) is 21.2. The zero-order valence-electron chi connectivity index (χ0n) is 21.2. The fraction of sp³-hybridized carbons (Fsp3) is 0.406. The minimum atomic E-state index is 0.00926. The fourth-order valence-corrected chi connectivity index (χ4v) is 5.43. The van der Waals surface area contributed by atoms with E-state index in [0.29, 0.717) is 6.04 Å². The van der Waals surface area contributed by atoms with Gasteiger partial charge in [-0.3, -0.25) is 9.69 Å². The van der Waals surface area contributed by atoms with E-state index in [1.54, 1.807) is 6.92 Å². The number of benzene rings is 3. The van der Waals surface area contributed by atoms with Gasteiger partial charge in [0.1, 0.15) is 0 Å². The second-order valence-electron chi connectivity index (χ2n) is 9.98. The molecule has 0 radical (unpaired) electrons. The lowest BCUT2D eigenvalue weighted by Gasteiger charge is -2.36. The van der Waals surface area contributed by atoms with E-state index < -0.39 is 0 Å². The second-order valence-corrected chi connectivity index (χ2v) is 9.98. The number of carbonyl (C=O) groups is 1. The summed E-state index contributed by atoms with van der Waals surface area (Å²) in [6.45, 7) is 3.76. The van der Waals surface area contributed by atoms with Crippen LogP contribution < -0.4 is 5.32 Å². The summed E-state index contributed by atoms with van der Waals surface area (Å²) in [4.78, 5) is 14.4. The molecular formula is C32H40N2O. The van der Waals surface area contributed by atoms with E-state index in [2.05, 4.69) is 83.0 Å². The molecule has 184 valence electrons. The summed E-state index contributed by atoms with van der Waals surface area (Å²) < 4.78 is 0. The van der Waals surface area contributed by atoms with Gasteiger partial charge in [-0.1, -0.05) is 92.1 Å². The average molecular weight is 469 g/mol. The maximum atomic E-state index is 11.6. The van der Waals surface area contributed by atoms with Crippen LogP contribution in [0, 0.1) is 0 Å². The fourth-order valence-electron chi connectivity index (χ4n) is 5.43. The Morgan fingerprint density at radius 1 is 0.829 bits per heavy atom. The highest BCUT2D eigenvalue weighted by molar-refractivity contribution is 5.89. The summed E-state index contributed by atoms with van der Waals surface area (Å²) in [5, 5.41) is 3.03. The molecule has 0 bridgehead atoms. The van der Waals surface area contributed by atoms with Crippen molar-refractivity contribution >= 4 is 11.6 Å². The first-order valence-corrected chi connectivity index (χ1v) is 13.4. The third kappa shape index (κ3) is 7.80. The Balaban J connectivity index is 1.31. The molecule has 35 heavy (non-hydrogen) atoms. The van der Waals surface area contributed by atoms with Gasteiger partial charge in [-0.05, 0) is 73.4 Å². The lowest BCUT2D eigenvalue weighted by atomic mass is 9.86. The highest BCUT2D eigenvalue weighted by Gasteiger charge is 2.25. The number of fused-ring (bicyclic) bond motifs is 1. The van der Waals surface area contributed by atoms with Crippen molar-refractivity contribution in [1.82, 2.24) is 4.90 Å². The minimum Gasteiger partial charge on any atom is -0.326 e. The normalized spacial score (nSPS) is 15.1. The first-order valence-electron chi connectivity index (χ1n) is 13.4. The molecule has 0 aliphatic heterocycles. The predicted octanol–water partition coefficient (Wildman–Crippen LogP) is 7.20. The molecular weight excluding hydrogens is 428 g/mol. The van der Waals surface area contributed by atoms with Gasteiger partial charge in [0.05, 0.1) is 0 Å². The molecule has 3 aromatic carbocycles. The number of carbonyl (C=O) groups excluding carboxylic acids is 1. The number of nitrogens with one attached hydrogen (secondary N) is 1. The summed E-state index contributed by atoms with van der Waals surface area (Å²) in [5.74, 6) is 0.00926. The van der Waals surface area contributed by atoms with E-state index in [0.717, 1.165) is 38.0 Å². The van der Waals surface area contributed by atoms with E-state index in [1.807, 2.05) is 6.07 Å². The molecule has 0 saturated heterocycles. The zero-order chi connectivity index (χ0) is 24.3. The van der Waals surface area contributed by atoms with Crippen LogP contribution in [0.15, 0.2) is 78.9 Å². The topological polar surface area (TPSA) is 32.3 Å². The Hall–Kier alpha value is -2.91. The van der Waals surface area contributed by atoms with Crippen molar-refractivity contribution in [3.8, 4) is 0 Å². The maximum absolute atomic E-state index is 11.6. The number of nitrogens with zero attached hydrogens (tertiary/aromatic N) is 1. The van der Waals surface area contributed by atoms with Crippen LogP contribution in [0.25, 0.3) is 0 Å². The summed E-state index contributed by atoms with van der Waals surface area (Å²) in [5.41, 5.74) is 6.58. The minimum absolute atomic E-state index is 0.00926. The lowest BCUT2D eigenvalue weighted by Crippen LogP contribution is -2.39. The van der Waals surface area contributed by atoms with Crippen molar-refractivity contribution in [2.24, 2.45) is 0 Å².